The van der Waals surface area contributed by atoms with Crippen LogP contribution in [0.15, 0.2) is 39.4 Å². The number of rotatable bonds is 3. The van der Waals surface area contributed by atoms with Crippen LogP contribution in [0, 0.1) is 11.3 Å². The monoisotopic (exact) mass is 306 g/mol. The molecular weight excluding hydrogens is 292 g/mol. The number of nitriles is 1. The third-order valence-corrected chi connectivity index (χ3v) is 4.28. The van der Waals surface area contributed by atoms with Gasteiger partial charge in [-0.15, -0.1) is 24.0 Å². The fourth-order valence-electron chi connectivity index (χ4n) is 2.15. The molecule has 0 amide bonds. The van der Waals surface area contributed by atoms with E-state index in [-0.39, 0.29) is 0 Å². The van der Waals surface area contributed by atoms with Crippen molar-refractivity contribution in [2.75, 3.05) is 6.61 Å². The van der Waals surface area contributed by atoms with E-state index in [1.54, 1.807) is 13.8 Å². The Morgan fingerprint density at radius 3 is 2.95 bits per heavy atom. The fraction of sp³-hybridized carbons (Fsp3) is 0.286. The lowest BCUT2D eigenvalue weighted by Crippen LogP contribution is -2.27. The molecule has 6 heteroatoms. The zero-order valence-electron chi connectivity index (χ0n) is 11.1. The lowest BCUT2D eigenvalue weighted by atomic mass is 9.87. The van der Waals surface area contributed by atoms with Gasteiger partial charge in [0.15, 0.2) is 0 Å². The van der Waals surface area contributed by atoms with Crippen molar-refractivity contribution in [3.63, 3.8) is 0 Å². The molecule has 0 bridgehead atoms. The summed E-state index contributed by atoms with van der Waals surface area (Å²) in [5.74, 6) is -0.808. The van der Waals surface area contributed by atoms with Crippen molar-refractivity contribution in [2.24, 2.45) is 0 Å². The van der Waals surface area contributed by atoms with E-state index in [1.165, 1.54) is 11.3 Å². The average molecular weight is 306 g/mol. The molecule has 0 radical (unpaired) electrons. The molecule has 1 unspecified atom stereocenters. The zero-order chi connectivity index (χ0) is 14.7. The number of thiol groups is 1. The summed E-state index contributed by atoms with van der Waals surface area (Å²) in [5, 5.41) is 14.7. The highest BCUT2D eigenvalue weighted by atomic mass is 32.1. The Kier molecular flexibility index (Phi) is 4.53. The van der Waals surface area contributed by atoms with E-state index < -0.39 is 11.9 Å². The van der Waals surface area contributed by atoms with Gasteiger partial charge in [-0.3, -0.25) is 0 Å². The summed E-state index contributed by atoms with van der Waals surface area (Å²) < 4.78 is 5.12. The highest BCUT2D eigenvalue weighted by molar-refractivity contribution is 7.84. The number of allylic oxidation sites excluding steroid dienone is 2. The second-order valence-electron chi connectivity index (χ2n) is 4.21. The molecule has 20 heavy (non-hydrogen) atoms. The number of nitrogens with zero attached hydrogens (tertiary/aromatic N) is 1. The van der Waals surface area contributed by atoms with Crippen LogP contribution in [-0.2, 0) is 9.53 Å². The van der Waals surface area contributed by atoms with Crippen LogP contribution in [0.25, 0.3) is 0 Å². The molecule has 4 nitrogen and oxygen atoms in total. The molecule has 0 aromatic carbocycles. The third kappa shape index (κ3) is 2.60. The van der Waals surface area contributed by atoms with Crippen LogP contribution < -0.4 is 5.32 Å². The lowest BCUT2D eigenvalue weighted by molar-refractivity contribution is -0.138. The lowest BCUT2D eigenvalue weighted by Gasteiger charge is -2.26. The number of hydrogen-bond acceptors (Lipinski definition) is 6. The normalized spacial score (nSPS) is 18.6. The number of esters is 1. The molecule has 1 aliphatic heterocycles. The summed E-state index contributed by atoms with van der Waals surface area (Å²) in [6.45, 7) is 3.85. The van der Waals surface area contributed by atoms with Gasteiger partial charge in [0.1, 0.15) is 0 Å². The number of thiophene rings is 1. The van der Waals surface area contributed by atoms with Crippen LogP contribution in [0.1, 0.15) is 24.6 Å². The SMILES string of the molecule is CCOC(=O)C1=C(C)NC(S)=C(C#N)C1c1cccs1. The summed E-state index contributed by atoms with van der Waals surface area (Å²) in [4.78, 5) is 13.1. The van der Waals surface area contributed by atoms with E-state index in [2.05, 4.69) is 24.0 Å². The van der Waals surface area contributed by atoms with Crippen LogP contribution >= 0.6 is 24.0 Å². The average Bonchev–Trinajstić information content (AvgIpc) is 2.91. The van der Waals surface area contributed by atoms with Gasteiger partial charge in [0, 0.05) is 10.6 Å². The fourth-order valence-corrected chi connectivity index (χ4v) is 3.34. The first-order valence-electron chi connectivity index (χ1n) is 6.11. The molecule has 2 rings (SSSR count). The number of nitrogens with one attached hydrogen (secondary N) is 1. The Morgan fingerprint density at radius 2 is 2.40 bits per heavy atom. The van der Waals surface area contributed by atoms with Gasteiger partial charge in [0.2, 0.25) is 0 Å². The smallest absolute Gasteiger partial charge is 0.336 e. The first-order chi connectivity index (χ1) is 9.60. The van der Waals surface area contributed by atoms with Crippen molar-refractivity contribution >= 4 is 29.9 Å². The third-order valence-electron chi connectivity index (χ3n) is 2.99. The zero-order valence-corrected chi connectivity index (χ0v) is 12.8. The van der Waals surface area contributed by atoms with Crippen LogP contribution in [-0.4, -0.2) is 12.6 Å². The Hall–Kier alpha value is -1.71. The number of carbonyl (C=O) groups is 1. The van der Waals surface area contributed by atoms with Gasteiger partial charge < -0.3 is 10.1 Å². The number of hydrogen-bond donors (Lipinski definition) is 2. The summed E-state index contributed by atoms with van der Waals surface area (Å²) >= 11 is 5.81. The summed E-state index contributed by atoms with van der Waals surface area (Å²) in [6, 6.07) is 5.95. The minimum atomic E-state index is -0.409. The second-order valence-corrected chi connectivity index (χ2v) is 5.63. The largest absolute Gasteiger partial charge is 0.463 e. The van der Waals surface area contributed by atoms with E-state index in [0.29, 0.717) is 28.5 Å². The first-order valence-corrected chi connectivity index (χ1v) is 7.44. The molecule has 0 saturated heterocycles. The standard InChI is InChI=1S/C14H14N2O2S2/c1-3-18-14(17)11-8(2)16-13(19)9(7-15)12(11)10-5-4-6-20-10/h4-6,12,16,19H,3H2,1-2H3. The number of carbonyl (C=O) groups excluding carboxylic acids is 1. The molecule has 1 aliphatic rings. The maximum atomic E-state index is 12.2. The van der Waals surface area contributed by atoms with Crippen LogP contribution in [0.5, 0.6) is 0 Å². The van der Waals surface area contributed by atoms with Gasteiger partial charge in [-0.05, 0) is 25.3 Å². The second kappa shape index (κ2) is 6.16. The topological polar surface area (TPSA) is 62.1 Å². The van der Waals surface area contributed by atoms with Crippen LogP contribution in [0.2, 0.25) is 0 Å². The Bertz CT molecular complexity index is 624. The molecule has 1 atom stereocenters. The van der Waals surface area contributed by atoms with E-state index in [4.69, 9.17) is 4.74 Å². The molecule has 0 fully saturated rings. The molecule has 1 aromatic heterocycles. The Morgan fingerprint density at radius 1 is 1.65 bits per heavy atom. The van der Waals surface area contributed by atoms with Crippen molar-refractivity contribution in [2.45, 2.75) is 19.8 Å². The van der Waals surface area contributed by atoms with Crippen LogP contribution in [0.4, 0.5) is 0 Å². The molecule has 2 heterocycles. The van der Waals surface area contributed by atoms with Crippen molar-refractivity contribution in [3.8, 4) is 6.07 Å². The molecule has 0 aliphatic carbocycles. The van der Waals surface area contributed by atoms with Gasteiger partial charge in [-0.2, -0.15) is 5.26 Å². The predicted octanol–water partition coefficient (Wildman–Crippen LogP) is 2.94. The van der Waals surface area contributed by atoms with E-state index in [1.807, 2.05) is 17.5 Å². The maximum absolute atomic E-state index is 12.2. The minimum absolute atomic E-state index is 0.298. The first kappa shape index (κ1) is 14.7. The summed E-state index contributed by atoms with van der Waals surface area (Å²) in [7, 11) is 0. The summed E-state index contributed by atoms with van der Waals surface area (Å²) in [5.41, 5.74) is 1.58. The highest BCUT2D eigenvalue weighted by Crippen LogP contribution is 2.40. The van der Waals surface area contributed by atoms with Crippen molar-refractivity contribution in [1.82, 2.24) is 5.32 Å². The van der Waals surface area contributed by atoms with Gasteiger partial charge in [-0.1, -0.05) is 6.07 Å². The molecule has 0 spiro atoms. The Balaban J connectivity index is 2.55. The molecular formula is C14H14N2O2S2. The van der Waals surface area contributed by atoms with E-state index in [0.717, 1.165) is 4.88 Å². The Labute approximate surface area is 127 Å². The highest BCUT2D eigenvalue weighted by Gasteiger charge is 2.34. The number of ether oxygens (including phenoxy) is 1. The van der Waals surface area contributed by atoms with Crippen molar-refractivity contribution in [3.05, 3.63) is 44.3 Å². The molecule has 104 valence electrons. The van der Waals surface area contributed by atoms with Crippen LogP contribution in [0.3, 0.4) is 0 Å². The number of dihydropyridines is 1. The van der Waals surface area contributed by atoms with E-state index in [9.17, 15) is 10.1 Å². The van der Waals surface area contributed by atoms with E-state index >= 15 is 0 Å². The van der Waals surface area contributed by atoms with Crippen molar-refractivity contribution in [1.29, 1.82) is 5.26 Å². The molecule has 1 N–H and O–H groups in total. The molecule has 1 aromatic rings. The maximum Gasteiger partial charge on any atom is 0.336 e. The van der Waals surface area contributed by atoms with Gasteiger partial charge in [0.25, 0.3) is 0 Å². The quantitative estimate of drug-likeness (QED) is 0.666. The summed E-state index contributed by atoms with van der Waals surface area (Å²) in [6.07, 6.45) is 0. The van der Waals surface area contributed by atoms with Crippen molar-refractivity contribution < 1.29 is 9.53 Å². The van der Waals surface area contributed by atoms with Gasteiger partial charge in [0.05, 0.1) is 34.8 Å². The van der Waals surface area contributed by atoms with Gasteiger partial charge in [-0.25, -0.2) is 4.79 Å². The predicted molar refractivity (Wildman–Crippen MR) is 81.2 cm³/mol. The minimum Gasteiger partial charge on any atom is -0.463 e. The van der Waals surface area contributed by atoms with Gasteiger partial charge >= 0.3 is 5.97 Å². The molecule has 0 saturated carbocycles.